The lowest BCUT2D eigenvalue weighted by atomic mass is 14.0. The first-order valence-corrected chi connectivity index (χ1v) is 1.60. The molecule has 0 bridgehead atoms. The van der Waals surface area contributed by atoms with Gasteiger partial charge in [0.1, 0.15) is 0 Å². The Bertz CT molecular complexity index is 35.9. The Kier molecular flexibility index (Phi) is 24.7. The molecule has 5 nitrogen and oxygen atoms in total. The maximum absolute atomic E-state index is 8.67. The number of rotatable bonds is 0. The highest BCUT2D eigenvalue weighted by Gasteiger charge is 1.62. The zero-order chi connectivity index (χ0) is 3.58. The topological polar surface area (TPSA) is 128 Å². The molecule has 0 saturated carbocycles. The molecule has 6 heteroatoms. The first kappa shape index (κ1) is 16.7. The van der Waals surface area contributed by atoms with Crippen molar-refractivity contribution in [3.63, 3.8) is 0 Å². The van der Waals surface area contributed by atoms with E-state index >= 15 is 0 Å². The molecule has 0 amide bonds. The molecule has 0 aliphatic heterocycles. The monoisotopic (exact) mass is 117 g/mol. The van der Waals surface area contributed by atoms with Crippen LogP contribution in [0.25, 0.3) is 0 Å². The van der Waals surface area contributed by atoms with Gasteiger partial charge in [0.15, 0.2) is 0 Å². The van der Waals surface area contributed by atoms with Gasteiger partial charge in [0.25, 0.3) is 11.4 Å². The van der Waals surface area contributed by atoms with Crippen molar-refractivity contribution in [1.82, 2.24) is 12.3 Å². The highest BCUT2D eigenvalue weighted by atomic mass is 32.2. The van der Waals surface area contributed by atoms with Gasteiger partial charge in [-0.05, 0) is 0 Å². The lowest BCUT2D eigenvalue weighted by Crippen LogP contribution is -1.74. The van der Waals surface area contributed by atoms with Gasteiger partial charge in [-0.3, -0.25) is 9.11 Å². The summed E-state index contributed by atoms with van der Waals surface area (Å²) in [6.45, 7) is 0. The molecule has 0 atom stereocenters. The molecule has 0 radical (unpaired) electrons. The van der Waals surface area contributed by atoms with E-state index < -0.39 is 11.4 Å². The van der Waals surface area contributed by atoms with Crippen LogP contribution in [0.15, 0.2) is 0 Å². The van der Waals surface area contributed by atoms with E-state index in [2.05, 4.69) is 0 Å². The fourth-order valence-corrected chi connectivity index (χ4v) is 0. The summed E-state index contributed by atoms with van der Waals surface area (Å²) in [5, 5.41) is 0. The van der Waals surface area contributed by atoms with Crippen molar-refractivity contribution in [1.29, 1.82) is 0 Å². The van der Waals surface area contributed by atoms with Gasteiger partial charge in [0.2, 0.25) is 0 Å². The SMILES string of the molecule is N.N.O=S(O)O.[H+]. The summed E-state index contributed by atoms with van der Waals surface area (Å²) in [7, 11) is 0. The molecule has 8 N–H and O–H groups in total. The molecule has 6 heavy (non-hydrogen) atoms. The lowest BCUT2D eigenvalue weighted by molar-refractivity contribution is 0.454. The molecule has 42 valence electrons. The van der Waals surface area contributed by atoms with Gasteiger partial charge in [-0.1, -0.05) is 0 Å². The smallest absolute Gasteiger partial charge is 0.344 e. The predicted molar refractivity (Wildman–Crippen MR) is 24.6 cm³/mol. The molecule has 0 rings (SSSR count). The van der Waals surface area contributed by atoms with Crippen molar-refractivity contribution < 1.29 is 14.7 Å². The van der Waals surface area contributed by atoms with Gasteiger partial charge < -0.3 is 12.3 Å². The summed E-state index contributed by atoms with van der Waals surface area (Å²) in [4.78, 5) is 0. The van der Waals surface area contributed by atoms with E-state index in [-0.39, 0.29) is 13.7 Å². The van der Waals surface area contributed by atoms with E-state index in [1.807, 2.05) is 0 Å². The molecule has 0 heterocycles. The van der Waals surface area contributed by atoms with Crippen molar-refractivity contribution in [2.24, 2.45) is 0 Å². The van der Waals surface area contributed by atoms with Crippen LogP contribution < -0.4 is 12.3 Å². The molecule has 0 aliphatic rings. The van der Waals surface area contributed by atoms with Crippen LogP contribution in [0.1, 0.15) is 1.43 Å². The van der Waals surface area contributed by atoms with Gasteiger partial charge in [0, 0.05) is 0 Å². The Morgan fingerprint density at radius 1 is 1.33 bits per heavy atom. The first-order chi connectivity index (χ1) is 1.73. The van der Waals surface area contributed by atoms with E-state index in [0.717, 1.165) is 0 Å². The van der Waals surface area contributed by atoms with Crippen LogP contribution in [-0.4, -0.2) is 13.3 Å². The average molecular weight is 117 g/mol. The molecule has 0 aromatic rings. The Morgan fingerprint density at radius 3 is 1.33 bits per heavy atom. The molecule has 0 aromatic heterocycles. The molecule has 0 spiro atoms. The molecular weight excluding hydrogens is 108 g/mol. The van der Waals surface area contributed by atoms with Crippen LogP contribution in [0.4, 0.5) is 0 Å². The zero-order valence-electron chi connectivity index (χ0n) is 4.13. The first-order valence-electron chi connectivity index (χ1n) is 0.532. The molecule has 0 aromatic carbocycles. The summed E-state index contributed by atoms with van der Waals surface area (Å²) in [5.41, 5.74) is 0. The maximum Gasteiger partial charge on any atom is 1.00 e. The minimum absolute atomic E-state index is 0. The zero-order valence-corrected chi connectivity index (χ0v) is 3.94. The van der Waals surface area contributed by atoms with Gasteiger partial charge in [0.05, 0.1) is 0 Å². The number of hydrogen-bond donors (Lipinski definition) is 4. The Morgan fingerprint density at radius 2 is 1.33 bits per heavy atom. The van der Waals surface area contributed by atoms with Gasteiger partial charge >= 0.3 is 1.43 Å². The average Bonchev–Trinajstić information content (AvgIpc) is 0.811. The van der Waals surface area contributed by atoms with Crippen molar-refractivity contribution in [3.8, 4) is 0 Å². The van der Waals surface area contributed by atoms with Crippen molar-refractivity contribution in [2.45, 2.75) is 0 Å². The minimum Gasteiger partial charge on any atom is -0.344 e. The quantitative estimate of drug-likeness (QED) is 0.335. The Hall–Kier alpha value is -0.0100. The third-order valence-electron chi connectivity index (χ3n) is 0. The minimum atomic E-state index is -2.61. The second-order valence-electron chi connectivity index (χ2n) is 0.231. The Labute approximate surface area is 39.5 Å². The largest absolute Gasteiger partial charge is 1.00 e. The molecular formula is H9N2O3S+. The van der Waals surface area contributed by atoms with E-state index in [1.165, 1.54) is 0 Å². The van der Waals surface area contributed by atoms with Crippen molar-refractivity contribution in [3.05, 3.63) is 0 Å². The fraction of sp³-hybridized carbons (Fsp3) is 0. The van der Waals surface area contributed by atoms with E-state index in [4.69, 9.17) is 13.3 Å². The van der Waals surface area contributed by atoms with Crippen LogP contribution in [0, 0.1) is 0 Å². The van der Waals surface area contributed by atoms with E-state index in [0.29, 0.717) is 0 Å². The highest BCUT2D eigenvalue weighted by molar-refractivity contribution is 7.73. The van der Waals surface area contributed by atoms with Gasteiger partial charge in [-0.25, -0.2) is 0 Å². The Balaban J connectivity index is -0.0000000150. The van der Waals surface area contributed by atoms with Crippen LogP contribution in [0.3, 0.4) is 0 Å². The summed E-state index contributed by atoms with van der Waals surface area (Å²) < 4.78 is 22.8. The fourth-order valence-electron chi connectivity index (χ4n) is 0. The van der Waals surface area contributed by atoms with E-state index in [1.54, 1.807) is 0 Å². The predicted octanol–water partition coefficient (Wildman–Crippen LogP) is 0.118. The standard InChI is InChI=1S/2H3N.H2O3S/c;;1-4(2)3/h2*1H3;(H2,1,2,3)/p+1. The molecule has 0 aliphatic carbocycles. The second kappa shape index (κ2) is 8.89. The summed E-state index contributed by atoms with van der Waals surface area (Å²) in [6.07, 6.45) is 0. The van der Waals surface area contributed by atoms with Gasteiger partial charge in [-0.15, -0.1) is 0 Å². The summed E-state index contributed by atoms with van der Waals surface area (Å²) >= 11 is -2.61. The summed E-state index contributed by atoms with van der Waals surface area (Å²) in [5.74, 6) is 0. The van der Waals surface area contributed by atoms with Crippen molar-refractivity contribution in [2.75, 3.05) is 0 Å². The highest BCUT2D eigenvalue weighted by Crippen LogP contribution is 1.44. The maximum atomic E-state index is 8.67. The molecule has 0 saturated heterocycles. The summed E-state index contributed by atoms with van der Waals surface area (Å²) in [6, 6.07) is 0. The van der Waals surface area contributed by atoms with Crippen LogP contribution >= 0.6 is 0 Å². The van der Waals surface area contributed by atoms with Gasteiger partial charge in [-0.2, -0.15) is 4.21 Å². The van der Waals surface area contributed by atoms with Crippen LogP contribution in [-0.2, 0) is 11.4 Å². The van der Waals surface area contributed by atoms with Crippen LogP contribution in [0.2, 0.25) is 0 Å². The third-order valence-corrected chi connectivity index (χ3v) is 0. The van der Waals surface area contributed by atoms with Crippen molar-refractivity contribution >= 4 is 11.4 Å². The molecule has 0 fully saturated rings. The number of hydrogen-bond acceptors (Lipinski definition) is 3. The van der Waals surface area contributed by atoms with E-state index in [9.17, 15) is 0 Å². The third kappa shape index (κ3) is 357000. The molecule has 0 unspecified atom stereocenters. The lowest BCUT2D eigenvalue weighted by Gasteiger charge is -1.59. The second-order valence-corrected chi connectivity index (χ2v) is 0.692. The van der Waals surface area contributed by atoms with Crippen LogP contribution in [0.5, 0.6) is 0 Å². The normalized spacial score (nSPS) is 5.83.